The van der Waals surface area contributed by atoms with Crippen LogP contribution in [-0.2, 0) is 9.53 Å². The summed E-state index contributed by atoms with van der Waals surface area (Å²) in [4.78, 5) is 11.1. The second-order valence-corrected chi connectivity index (χ2v) is 4.34. The zero-order chi connectivity index (χ0) is 10.5. The molecular formula is C11H20O2. The zero-order valence-corrected chi connectivity index (χ0v) is 9.31. The van der Waals surface area contributed by atoms with Crippen LogP contribution < -0.4 is 0 Å². The molecule has 0 spiro atoms. The van der Waals surface area contributed by atoms with Gasteiger partial charge >= 0.3 is 5.97 Å². The summed E-state index contributed by atoms with van der Waals surface area (Å²) in [5.41, 5.74) is 1.21. The van der Waals surface area contributed by atoms with Crippen molar-refractivity contribution in [2.75, 3.05) is 6.61 Å². The van der Waals surface area contributed by atoms with Crippen LogP contribution in [0.25, 0.3) is 0 Å². The van der Waals surface area contributed by atoms with Crippen molar-refractivity contribution in [1.29, 1.82) is 0 Å². The first-order valence-corrected chi connectivity index (χ1v) is 4.69. The summed E-state index contributed by atoms with van der Waals surface area (Å²) in [6.07, 6.45) is 2.51. The second-order valence-electron chi connectivity index (χ2n) is 4.34. The first kappa shape index (κ1) is 12.2. The molecule has 0 aliphatic heterocycles. The Balaban J connectivity index is 4.07. The van der Waals surface area contributed by atoms with Crippen LogP contribution in [0.4, 0.5) is 0 Å². The molecule has 0 aliphatic rings. The highest BCUT2D eigenvalue weighted by molar-refractivity contribution is 5.72. The summed E-state index contributed by atoms with van der Waals surface area (Å²) in [5.74, 6) is -0.138. The minimum Gasteiger partial charge on any atom is -0.466 e. The van der Waals surface area contributed by atoms with E-state index in [0.717, 1.165) is 5.57 Å². The van der Waals surface area contributed by atoms with Crippen molar-refractivity contribution < 1.29 is 9.53 Å². The number of ether oxygens (including phenoxy) is 1. The van der Waals surface area contributed by atoms with Crippen molar-refractivity contribution in [1.82, 2.24) is 0 Å². The van der Waals surface area contributed by atoms with Crippen LogP contribution >= 0.6 is 0 Å². The summed E-state index contributed by atoms with van der Waals surface area (Å²) in [5, 5.41) is 0. The fraction of sp³-hybridized carbons (Fsp3) is 0.727. The van der Waals surface area contributed by atoms with E-state index in [9.17, 15) is 4.79 Å². The molecule has 0 saturated carbocycles. The number of hydrogen-bond donors (Lipinski definition) is 0. The van der Waals surface area contributed by atoms with Gasteiger partial charge in [-0.25, -0.2) is 0 Å². The average molecular weight is 184 g/mol. The lowest BCUT2D eigenvalue weighted by Gasteiger charge is -2.13. The van der Waals surface area contributed by atoms with E-state index >= 15 is 0 Å². The second kappa shape index (κ2) is 5.05. The van der Waals surface area contributed by atoms with E-state index in [4.69, 9.17) is 4.74 Å². The van der Waals surface area contributed by atoms with Gasteiger partial charge < -0.3 is 4.74 Å². The van der Waals surface area contributed by atoms with E-state index in [1.165, 1.54) is 0 Å². The quantitative estimate of drug-likeness (QED) is 0.498. The summed E-state index contributed by atoms with van der Waals surface area (Å²) in [7, 11) is 0. The maximum Gasteiger partial charge on any atom is 0.309 e. The lowest BCUT2D eigenvalue weighted by atomic mass is 9.93. The third kappa shape index (κ3) is 7.57. The van der Waals surface area contributed by atoms with Crippen molar-refractivity contribution in [3.63, 3.8) is 0 Å². The largest absolute Gasteiger partial charge is 0.466 e. The number of carbonyl (C=O) groups is 1. The lowest BCUT2D eigenvalue weighted by molar-refractivity contribution is -0.142. The first-order chi connectivity index (χ1) is 5.85. The van der Waals surface area contributed by atoms with Gasteiger partial charge in [-0.2, -0.15) is 0 Å². The SMILES string of the molecule is CCOC(=O)CC(C)=CC(C)(C)C. The summed E-state index contributed by atoms with van der Waals surface area (Å²) in [6, 6.07) is 0. The number of allylic oxidation sites excluding steroid dienone is 1. The van der Waals surface area contributed by atoms with Crippen molar-refractivity contribution in [3.05, 3.63) is 11.6 Å². The van der Waals surface area contributed by atoms with E-state index in [1.54, 1.807) is 0 Å². The van der Waals surface area contributed by atoms with Crippen LogP contribution in [-0.4, -0.2) is 12.6 Å². The molecule has 0 saturated heterocycles. The number of carbonyl (C=O) groups excluding carboxylic acids is 1. The fourth-order valence-corrected chi connectivity index (χ4v) is 1.23. The van der Waals surface area contributed by atoms with Gasteiger partial charge in [-0.15, -0.1) is 0 Å². The first-order valence-electron chi connectivity index (χ1n) is 4.69. The van der Waals surface area contributed by atoms with Crippen molar-refractivity contribution >= 4 is 5.97 Å². The molecular weight excluding hydrogens is 164 g/mol. The Morgan fingerprint density at radius 1 is 1.38 bits per heavy atom. The van der Waals surface area contributed by atoms with Gasteiger partial charge in [0.05, 0.1) is 13.0 Å². The molecule has 13 heavy (non-hydrogen) atoms. The number of rotatable bonds is 3. The van der Waals surface area contributed by atoms with E-state index in [1.807, 2.05) is 13.8 Å². The molecule has 0 atom stereocenters. The number of hydrogen-bond acceptors (Lipinski definition) is 2. The summed E-state index contributed by atoms with van der Waals surface area (Å²) < 4.78 is 4.85. The Bertz CT molecular complexity index is 197. The molecule has 0 rings (SSSR count). The molecule has 0 heterocycles. The van der Waals surface area contributed by atoms with Gasteiger partial charge in [0.25, 0.3) is 0 Å². The summed E-state index contributed by atoms with van der Waals surface area (Å²) in [6.45, 7) is 10.6. The highest BCUT2D eigenvalue weighted by atomic mass is 16.5. The molecule has 0 aromatic carbocycles. The van der Waals surface area contributed by atoms with Crippen LogP contribution in [0.3, 0.4) is 0 Å². The zero-order valence-electron chi connectivity index (χ0n) is 9.31. The van der Waals surface area contributed by atoms with Crippen LogP contribution in [0.15, 0.2) is 11.6 Å². The van der Waals surface area contributed by atoms with Crippen LogP contribution in [0.5, 0.6) is 0 Å². The fourth-order valence-electron chi connectivity index (χ4n) is 1.23. The molecule has 0 radical (unpaired) electrons. The van der Waals surface area contributed by atoms with Gasteiger partial charge in [-0.1, -0.05) is 32.4 Å². The van der Waals surface area contributed by atoms with Gasteiger partial charge in [-0.05, 0) is 19.3 Å². The molecule has 76 valence electrons. The molecule has 0 unspecified atom stereocenters. The van der Waals surface area contributed by atoms with Crippen molar-refractivity contribution in [3.8, 4) is 0 Å². The minimum atomic E-state index is -0.138. The molecule has 0 bridgehead atoms. The summed E-state index contributed by atoms with van der Waals surface area (Å²) >= 11 is 0. The van der Waals surface area contributed by atoms with Gasteiger partial charge in [0, 0.05) is 0 Å². The topological polar surface area (TPSA) is 26.3 Å². The van der Waals surface area contributed by atoms with Crippen LogP contribution in [0, 0.1) is 5.41 Å². The molecule has 0 aromatic rings. The van der Waals surface area contributed by atoms with E-state index < -0.39 is 0 Å². The highest BCUT2D eigenvalue weighted by Gasteiger charge is 2.08. The Kier molecular flexibility index (Phi) is 4.74. The van der Waals surface area contributed by atoms with E-state index in [0.29, 0.717) is 13.0 Å². The maximum atomic E-state index is 11.1. The number of esters is 1. The molecule has 2 heteroatoms. The third-order valence-electron chi connectivity index (χ3n) is 1.41. The van der Waals surface area contributed by atoms with Crippen LogP contribution in [0.2, 0.25) is 0 Å². The van der Waals surface area contributed by atoms with Gasteiger partial charge in [0.2, 0.25) is 0 Å². The van der Waals surface area contributed by atoms with E-state index in [-0.39, 0.29) is 11.4 Å². The van der Waals surface area contributed by atoms with Crippen LogP contribution in [0.1, 0.15) is 41.0 Å². The average Bonchev–Trinajstić information content (AvgIpc) is 1.81. The Morgan fingerprint density at radius 3 is 2.31 bits per heavy atom. The predicted molar refractivity (Wildman–Crippen MR) is 54.5 cm³/mol. The van der Waals surface area contributed by atoms with Gasteiger partial charge in [-0.3, -0.25) is 4.79 Å². The van der Waals surface area contributed by atoms with Gasteiger partial charge in [0.1, 0.15) is 0 Å². The Morgan fingerprint density at radius 2 is 1.92 bits per heavy atom. The molecule has 0 fully saturated rings. The van der Waals surface area contributed by atoms with Crippen molar-refractivity contribution in [2.24, 2.45) is 5.41 Å². The highest BCUT2D eigenvalue weighted by Crippen LogP contribution is 2.18. The molecule has 0 amide bonds. The van der Waals surface area contributed by atoms with Gasteiger partial charge in [0.15, 0.2) is 0 Å². The Hall–Kier alpha value is -0.790. The standard InChI is InChI=1S/C11H20O2/c1-6-13-10(12)7-9(2)8-11(3,4)5/h8H,6-7H2,1-5H3. The van der Waals surface area contributed by atoms with Crippen molar-refractivity contribution in [2.45, 2.75) is 41.0 Å². The normalized spacial score (nSPS) is 12.8. The predicted octanol–water partition coefficient (Wildman–Crippen LogP) is 2.93. The monoisotopic (exact) mass is 184 g/mol. The molecule has 0 N–H and O–H groups in total. The molecule has 0 aromatic heterocycles. The van der Waals surface area contributed by atoms with E-state index in [2.05, 4.69) is 26.8 Å². The minimum absolute atomic E-state index is 0.135. The maximum absolute atomic E-state index is 11.1. The lowest BCUT2D eigenvalue weighted by Crippen LogP contribution is -2.06. The third-order valence-corrected chi connectivity index (χ3v) is 1.41. The smallest absolute Gasteiger partial charge is 0.309 e. The molecule has 0 aliphatic carbocycles. The Labute approximate surface area is 81.0 Å². The molecule has 2 nitrogen and oxygen atoms in total.